The predicted molar refractivity (Wildman–Crippen MR) is 78.9 cm³/mol. The molecule has 0 saturated carbocycles. The zero-order valence-corrected chi connectivity index (χ0v) is 12.2. The molecule has 0 atom stereocenters. The molecule has 0 aromatic carbocycles. The lowest BCUT2D eigenvalue weighted by molar-refractivity contribution is -0.118. The van der Waals surface area contributed by atoms with E-state index >= 15 is 0 Å². The number of rotatable bonds is 3. The maximum Gasteiger partial charge on any atom is 0.346 e. The van der Waals surface area contributed by atoms with Crippen LogP contribution in [0.5, 0.6) is 0 Å². The van der Waals surface area contributed by atoms with Crippen LogP contribution in [0.15, 0.2) is 12.3 Å². The monoisotopic (exact) mass is 290 g/mol. The SMILES string of the molecule is CC(=O)NC=Cc1c(C(=O)O)sc2nc(C)cc(C)c12. The van der Waals surface area contributed by atoms with Crippen molar-refractivity contribution >= 4 is 39.5 Å². The van der Waals surface area contributed by atoms with E-state index in [1.54, 1.807) is 6.08 Å². The molecule has 2 rings (SSSR count). The Labute approximate surface area is 120 Å². The van der Waals surface area contributed by atoms with E-state index in [4.69, 9.17) is 0 Å². The van der Waals surface area contributed by atoms with Gasteiger partial charge in [-0.15, -0.1) is 11.3 Å². The number of hydrogen-bond donors (Lipinski definition) is 2. The minimum absolute atomic E-state index is 0.205. The van der Waals surface area contributed by atoms with Gasteiger partial charge in [0, 0.05) is 29.8 Å². The van der Waals surface area contributed by atoms with Gasteiger partial charge in [-0.2, -0.15) is 0 Å². The summed E-state index contributed by atoms with van der Waals surface area (Å²) in [5, 5.41) is 12.6. The van der Waals surface area contributed by atoms with E-state index in [2.05, 4.69) is 10.3 Å². The van der Waals surface area contributed by atoms with Crippen molar-refractivity contribution in [3.05, 3.63) is 34.0 Å². The Bertz CT molecular complexity index is 732. The van der Waals surface area contributed by atoms with Crippen LogP contribution in [0.2, 0.25) is 0 Å². The molecule has 0 aliphatic rings. The number of pyridine rings is 1. The Hall–Kier alpha value is -2.21. The van der Waals surface area contributed by atoms with Crippen LogP contribution in [0.1, 0.15) is 33.4 Å². The van der Waals surface area contributed by atoms with E-state index in [0.29, 0.717) is 10.4 Å². The number of carboxylic acids is 1. The highest BCUT2D eigenvalue weighted by Gasteiger charge is 2.18. The molecule has 6 heteroatoms. The molecule has 2 heterocycles. The molecule has 0 bridgehead atoms. The molecule has 0 unspecified atom stereocenters. The summed E-state index contributed by atoms with van der Waals surface area (Å²) in [7, 11) is 0. The van der Waals surface area contributed by atoms with Crippen molar-refractivity contribution in [2.45, 2.75) is 20.8 Å². The fourth-order valence-electron chi connectivity index (χ4n) is 2.03. The largest absolute Gasteiger partial charge is 0.477 e. The van der Waals surface area contributed by atoms with Crippen LogP contribution in [0, 0.1) is 13.8 Å². The van der Waals surface area contributed by atoms with Gasteiger partial charge in [-0.05, 0) is 31.6 Å². The number of nitrogens with zero attached hydrogens (tertiary/aromatic N) is 1. The maximum atomic E-state index is 11.3. The number of nitrogens with one attached hydrogen (secondary N) is 1. The van der Waals surface area contributed by atoms with Gasteiger partial charge in [0.15, 0.2) is 0 Å². The number of aromatic carboxylic acids is 1. The Morgan fingerprint density at radius 1 is 1.40 bits per heavy atom. The zero-order chi connectivity index (χ0) is 14.9. The Kier molecular flexibility index (Phi) is 3.85. The van der Waals surface area contributed by atoms with Gasteiger partial charge in [-0.1, -0.05) is 0 Å². The quantitative estimate of drug-likeness (QED) is 0.911. The Balaban J connectivity index is 2.65. The Morgan fingerprint density at radius 2 is 2.10 bits per heavy atom. The van der Waals surface area contributed by atoms with Crippen molar-refractivity contribution in [1.29, 1.82) is 0 Å². The lowest BCUT2D eigenvalue weighted by Gasteiger charge is -2.00. The summed E-state index contributed by atoms with van der Waals surface area (Å²) < 4.78 is 0. The first-order valence-electron chi connectivity index (χ1n) is 5.98. The van der Waals surface area contributed by atoms with Gasteiger partial charge >= 0.3 is 5.97 Å². The van der Waals surface area contributed by atoms with Crippen molar-refractivity contribution in [3.8, 4) is 0 Å². The molecule has 0 saturated heterocycles. The summed E-state index contributed by atoms with van der Waals surface area (Å²) in [6, 6.07) is 1.91. The first-order chi connectivity index (χ1) is 9.40. The molecular weight excluding hydrogens is 276 g/mol. The van der Waals surface area contributed by atoms with Crippen LogP contribution < -0.4 is 5.32 Å². The fourth-order valence-corrected chi connectivity index (χ4v) is 3.15. The summed E-state index contributed by atoms with van der Waals surface area (Å²) in [5.74, 6) is -1.20. The highest BCUT2D eigenvalue weighted by molar-refractivity contribution is 7.20. The second kappa shape index (κ2) is 5.42. The molecule has 0 spiro atoms. The van der Waals surface area contributed by atoms with Gasteiger partial charge in [-0.25, -0.2) is 9.78 Å². The van der Waals surface area contributed by atoms with Crippen molar-refractivity contribution < 1.29 is 14.7 Å². The van der Waals surface area contributed by atoms with E-state index in [1.807, 2.05) is 19.9 Å². The molecule has 2 aromatic rings. The van der Waals surface area contributed by atoms with Crippen LogP contribution in [0.4, 0.5) is 0 Å². The first kappa shape index (κ1) is 14.2. The van der Waals surface area contributed by atoms with Crippen molar-refractivity contribution in [1.82, 2.24) is 10.3 Å². The van der Waals surface area contributed by atoms with E-state index in [-0.39, 0.29) is 10.8 Å². The van der Waals surface area contributed by atoms with E-state index in [0.717, 1.165) is 28.0 Å². The van der Waals surface area contributed by atoms with Crippen molar-refractivity contribution in [2.75, 3.05) is 0 Å². The molecule has 0 fully saturated rings. The summed E-state index contributed by atoms with van der Waals surface area (Å²) in [6.07, 6.45) is 3.06. The van der Waals surface area contributed by atoms with Gasteiger partial charge in [0.05, 0.1) is 0 Å². The number of carbonyl (C=O) groups is 2. The highest BCUT2D eigenvalue weighted by atomic mass is 32.1. The van der Waals surface area contributed by atoms with E-state index in [1.165, 1.54) is 13.1 Å². The van der Waals surface area contributed by atoms with Crippen LogP contribution >= 0.6 is 11.3 Å². The second-order valence-corrected chi connectivity index (χ2v) is 5.44. The molecule has 2 aromatic heterocycles. The van der Waals surface area contributed by atoms with Gasteiger partial charge in [0.2, 0.25) is 5.91 Å². The topological polar surface area (TPSA) is 79.3 Å². The average Bonchev–Trinajstić information content (AvgIpc) is 2.67. The molecule has 5 nitrogen and oxygen atoms in total. The molecule has 1 amide bonds. The summed E-state index contributed by atoms with van der Waals surface area (Å²) in [6.45, 7) is 5.19. The number of aryl methyl sites for hydroxylation is 2. The minimum Gasteiger partial charge on any atom is -0.477 e. The molecular formula is C14H14N2O3S. The summed E-state index contributed by atoms with van der Waals surface area (Å²) in [4.78, 5) is 27.5. The van der Waals surface area contributed by atoms with Gasteiger partial charge in [0.25, 0.3) is 0 Å². The van der Waals surface area contributed by atoms with Crippen molar-refractivity contribution in [3.63, 3.8) is 0 Å². The normalized spacial score (nSPS) is 11.2. The van der Waals surface area contributed by atoms with E-state index in [9.17, 15) is 14.7 Å². The van der Waals surface area contributed by atoms with Crippen LogP contribution in [0.25, 0.3) is 16.3 Å². The minimum atomic E-state index is -0.993. The average molecular weight is 290 g/mol. The third-order valence-corrected chi connectivity index (χ3v) is 3.84. The first-order valence-corrected chi connectivity index (χ1v) is 6.79. The van der Waals surface area contributed by atoms with Crippen LogP contribution in [-0.2, 0) is 4.79 Å². The van der Waals surface area contributed by atoms with Gasteiger partial charge in [-0.3, -0.25) is 4.79 Å². The molecule has 104 valence electrons. The summed E-state index contributed by atoms with van der Waals surface area (Å²) >= 11 is 1.14. The highest BCUT2D eigenvalue weighted by Crippen LogP contribution is 2.33. The number of fused-ring (bicyclic) bond motifs is 1. The molecule has 0 radical (unpaired) electrons. The number of carbonyl (C=O) groups excluding carboxylic acids is 1. The number of carboxylic acid groups (broad SMARTS) is 1. The standard InChI is InChI=1S/C14H14N2O3S/c1-7-6-8(2)16-13-11(7)10(4-5-15-9(3)17)12(20-13)14(18)19/h4-6H,1-3H3,(H,15,17)(H,18,19). The Morgan fingerprint density at radius 3 is 2.70 bits per heavy atom. The van der Waals surface area contributed by atoms with Gasteiger partial charge < -0.3 is 10.4 Å². The lowest BCUT2D eigenvalue weighted by Crippen LogP contribution is -2.11. The second-order valence-electron chi connectivity index (χ2n) is 4.44. The fraction of sp³-hybridized carbons (Fsp3) is 0.214. The number of aromatic nitrogens is 1. The number of hydrogen-bond acceptors (Lipinski definition) is 4. The summed E-state index contributed by atoms with van der Waals surface area (Å²) in [5.41, 5.74) is 2.40. The molecule has 2 N–H and O–H groups in total. The van der Waals surface area contributed by atoms with Gasteiger partial charge in [0.1, 0.15) is 9.71 Å². The lowest BCUT2D eigenvalue weighted by atomic mass is 10.1. The van der Waals surface area contributed by atoms with E-state index < -0.39 is 5.97 Å². The smallest absolute Gasteiger partial charge is 0.346 e. The molecule has 20 heavy (non-hydrogen) atoms. The maximum absolute atomic E-state index is 11.3. The molecule has 0 aliphatic heterocycles. The van der Waals surface area contributed by atoms with Crippen LogP contribution in [-0.4, -0.2) is 22.0 Å². The zero-order valence-electron chi connectivity index (χ0n) is 11.4. The molecule has 0 aliphatic carbocycles. The third kappa shape index (κ3) is 2.70. The number of amides is 1. The number of thiophene rings is 1. The van der Waals surface area contributed by atoms with Crippen LogP contribution in [0.3, 0.4) is 0 Å². The predicted octanol–water partition coefficient (Wildman–Crippen LogP) is 2.72. The third-order valence-electron chi connectivity index (χ3n) is 2.76. The van der Waals surface area contributed by atoms with Crippen molar-refractivity contribution in [2.24, 2.45) is 0 Å².